The van der Waals surface area contributed by atoms with Crippen molar-refractivity contribution in [3.63, 3.8) is 0 Å². The highest BCUT2D eigenvalue weighted by molar-refractivity contribution is 6.30. The van der Waals surface area contributed by atoms with Crippen molar-refractivity contribution in [3.05, 3.63) is 52.8 Å². The third-order valence-corrected chi connectivity index (χ3v) is 5.34. The minimum atomic E-state index is -4.36. The molecule has 0 saturated carbocycles. The van der Waals surface area contributed by atoms with E-state index in [1.54, 1.807) is 12.4 Å². The summed E-state index contributed by atoms with van der Waals surface area (Å²) in [5.74, 6) is 0. The summed E-state index contributed by atoms with van der Waals surface area (Å²) < 4.78 is 39.9. The van der Waals surface area contributed by atoms with Crippen molar-refractivity contribution in [1.82, 2.24) is 14.7 Å². The SMILES string of the molecule is OC1(c2ccc(C(F)(F)F)cc2)CCN(CCCCn2cc(Cl)cn2)CC1. The van der Waals surface area contributed by atoms with Crippen LogP contribution >= 0.6 is 11.6 Å². The molecule has 4 nitrogen and oxygen atoms in total. The Morgan fingerprint density at radius 2 is 1.70 bits per heavy atom. The molecular weight excluding hydrogens is 379 g/mol. The topological polar surface area (TPSA) is 41.3 Å². The Morgan fingerprint density at radius 3 is 2.26 bits per heavy atom. The second-order valence-corrected chi connectivity index (χ2v) is 7.51. The van der Waals surface area contributed by atoms with Crippen molar-refractivity contribution in [2.45, 2.75) is 44.0 Å². The van der Waals surface area contributed by atoms with Gasteiger partial charge in [0.1, 0.15) is 0 Å². The first kappa shape index (κ1) is 20.2. The average Bonchev–Trinajstić information content (AvgIpc) is 3.05. The largest absolute Gasteiger partial charge is 0.416 e. The second-order valence-electron chi connectivity index (χ2n) is 7.08. The average molecular weight is 402 g/mol. The zero-order valence-corrected chi connectivity index (χ0v) is 15.7. The van der Waals surface area contributed by atoms with Gasteiger partial charge in [0.25, 0.3) is 0 Å². The summed E-state index contributed by atoms with van der Waals surface area (Å²) in [7, 11) is 0. The van der Waals surface area contributed by atoms with Gasteiger partial charge in [-0.15, -0.1) is 0 Å². The van der Waals surface area contributed by atoms with Crippen molar-refractivity contribution in [1.29, 1.82) is 0 Å². The number of rotatable bonds is 6. The zero-order chi connectivity index (χ0) is 19.5. The molecule has 1 aromatic carbocycles. The Hall–Kier alpha value is -1.57. The lowest BCUT2D eigenvalue weighted by atomic mass is 9.84. The highest BCUT2D eigenvalue weighted by Gasteiger charge is 2.35. The van der Waals surface area contributed by atoms with Crippen LogP contribution in [0.2, 0.25) is 5.02 Å². The van der Waals surface area contributed by atoms with E-state index in [9.17, 15) is 18.3 Å². The van der Waals surface area contributed by atoms with E-state index in [4.69, 9.17) is 11.6 Å². The fourth-order valence-corrected chi connectivity index (χ4v) is 3.63. The number of halogens is 4. The molecule has 0 amide bonds. The Bertz CT molecular complexity index is 737. The van der Waals surface area contributed by atoms with E-state index in [0.29, 0.717) is 23.4 Å². The van der Waals surface area contributed by atoms with E-state index in [2.05, 4.69) is 10.00 Å². The smallest absolute Gasteiger partial charge is 0.385 e. The Balaban J connectivity index is 1.44. The number of unbranched alkanes of at least 4 members (excludes halogenated alkanes) is 1. The van der Waals surface area contributed by atoms with Crippen molar-refractivity contribution in [2.24, 2.45) is 0 Å². The van der Waals surface area contributed by atoms with E-state index in [0.717, 1.165) is 51.2 Å². The first-order chi connectivity index (χ1) is 12.8. The number of hydrogen-bond donors (Lipinski definition) is 1. The van der Waals surface area contributed by atoms with Crippen molar-refractivity contribution < 1.29 is 18.3 Å². The molecule has 27 heavy (non-hydrogen) atoms. The van der Waals surface area contributed by atoms with Crippen molar-refractivity contribution >= 4 is 11.6 Å². The molecule has 2 heterocycles. The Kier molecular flexibility index (Phi) is 6.13. The maximum Gasteiger partial charge on any atom is 0.416 e. The normalized spacial score (nSPS) is 18.0. The molecule has 0 unspecified atom stereocenters. The molecule has 2 aromatic rings. The fourth-order valence-electron chi connectivity index (χ4n) is 3.47. The van der Waals surface area contributed by atoms with Gasteiger partial charge in [0.2, 0.25) is 0 Å². The van der Waals surface area contributed by atoms with Crippen LogP contribution in [0.3, 0.4) is 0 Å². The van der Waals surface area contributed by atoms with E-state index in [1.807, 2.05) is 4.68 Å². The number of likely N-dealkylation sites (tertiary alicyclic amines) is 1. The van der Waals surface area contributed by atoms with Crippen LogP contribution in [0.4, 0.5) is 13.2 Å². The molecule has 1 fully saturated rings. The van der Waals surface area contributed by atoms with E-state index in [-0.39, 0.29) is 0 Å². The lowest BCUT2D eigenvalue weighted by Gasteiger charge is -2.38. The molecule has 1 saturated heterocycles. The highest BCUT2D eigenvalue weighted by Crippen LogP contribution is 2.35. The number of nitrogens with zero attached hydrogens (tertiary/aromatic N) is 3. The molecule has 0 spiro atoms. The van der Waals surface area contributed by atoms with Crippen molar-refractivity contribution in [3.8, 4) is 0 Å². The maximum atomic E-state index is 12.7. The molecular formula is C19H23ClF3N3O. The maximum absolute atomic E-state index is 12.7. The van der Waals surface area contributed by atoms with Gasteiger partial charge in [-0.05, 0) is 49.9 Å². The third kappa shape index (κ3) is 5.24. The Labute approximate surface area is 161 Å². The summed E-state index contributed by atoms with van der Waals surface area (Å²) in [5, 5.41) is 15.6. The summed E-state index contributed by atoms with van der Waals surface area (Å²) in [6.45, 7) is 3.20. The number of alkyl halides is 3. The summed E-state index contributed by atoms with van der Waals surface area (Å²) in [6, 6.07) is 4.88. The minimum absolute atomic E-state index is 0.521. The summed E-state index contributed by atoms with van der Waals surface area (Å²) in [4.78, 5) is 2.29. The molecule has 0 radical (unpaired) electrons. The molecule has 0 atom stereocenters. The molecule has 1 aromatic heterocycles. The molecule has 148 valence electrons. The van der Waals surface area contributed by atoms with E-state index in [1.165, 1.54) is 12.1 Å². The molecule has 0 aliphatic carbocycles. The number of hydrogen-bond acceptors (Lipinski definition) is 3. The molecule has 0 bridgehead atoms. The van der Waals surface area contributed by atoms with E-state index < -0.39 is 17.3 Å². The van der Waals surface area contributed by atoms with Gasteiger partial charge >= 0.3 is 6.18 Å². The fraction of sp³-hybridized carbons (Fsp3) is 0.526. The van der Waals surface area contributed by atoms with Gasteiger partial charge in [0.15, 0.2) is 0 Å². The predicted octanol–water partition coefficient (Wildman–Crippen LogP) is 4.32. The lowest BCUT2D eigenvalue weighted by Crippen LogP contribution is -2.42. The molecule has 8 heteroatoms. The van der Waals surface area contributed by atoms with Crippen LogP contribution in [0.5, 0.6) is 0 Å². The number of aromatic nitrogens is 2. The van der Waals surface area contributed by atoms with Crippen LogP contribution in [-0.4, -0.2) is 39.4 Å². The van der Waals surface area contributed by atoms with Gasteiger partial charge in [0, 0.05) is 25.8 Å². The van der Waals surface area contributed by atoms with Gasteiger partial charge in [-0.2, -0.15) is 18.3 Å². The predicted molar refractivity (Wildman–Crippen MR) is 97.5 cm³/mol. The first-order valence-electron chi connectivity index (χ1n) is 9.07. The van der Waals surface area contributed by atoms with Crippen LogP contribution < -0.4 is 0 Å². The van der Waals surface area contributed by atoms with Crippen molar-refractivity contribution in [2.75, 3.05) is 19.6 Å². The first-order valence-corrected chi connectivity index (χ1v) is 9.44. The minimum Gasteiger partial charge on any atom is -0.385 e. The van der Waals surface area contributed by atoms with E-state index >= 15 is 0 Å². The monoisotopic (exact) mass is 401 g/mol. The summed E-state index contributed by atoms with van der Waals surface area (Å²) in [5.41, 5.74) is -1.18. The van der Waals surface area contributed by atoms with Gasteiger partial charge < -0.3 is 10.0 Å². The third-order valence-electron chi connectivity index (χ3n) is 5.15. The molecule has 1 aliphatic heterocycles. The van der Waals surface area contributed by atoms with Crippen LogP contribution in [0, 0.1) is 0 Å². The summed E-state index contributed by atoms with van der Waals surface area (Å²) in [6.07, 6.45) is 2.10. The molecule has 1 N–H and O–H groups in total. The van der Waals surface area contributed by atoms with Crippen LogP contribution in [0.15, 0.2) is 36.7 Å². The number of aryl methyl sites for hydroxylation is 1. The summed E-state index contributed by atoms with van der Waals surface area (Å²) >= 11 is 5.83. The van der Waals surface area contributed by atoms with Crippen LogP contribution in [0.25, 0.3) is 0 Å². The number of piperidine rings is 1. The zero-order valence-electron chi connectivity index (χ0n) is 14.9. The van der Waals surface area contributed by atoms with Crippen LogP contribution in [-0.2, 0) is 18.3 Å². The molecule has 1 aliphatic rings. The lowest BCUT2D eigenvalue weighted by molar-refractivity contribution is -0.137. The highest BCUT2D eigenvalue weighted by atomic mass is 35.5. The van der Waals surface area contributed by atoms with Crippen LogP contribution in [0.1, 0.15) is 36.8 Å². The second kappa shape index (κ2) is 8.20. The quantitative estimate of drug-likeness (QED) is 0.733. The van der Waals surface area contributed by atoms with Gasteiger partial charge in [0.05, 0.1) is 22.4 Å². The molecule has 3 rings (SSSR count). The van der Waals surface area contributed by atoms with Gasteiger partial charge in [-0.3, -0.25) is 4.68 Å². The number of benzene rings is 1. The standard InChI is InChI=1S/C19H23ClF3N3O/c20-17-13-24-26(14-17)10-2-1-9-25-11-7-18(27,8-12-25)15-3-5-16(6-4-15)19(21,22)23/h3-6,13-14,27H,1-2,7-12H2. The van der Waals surface area contributed by atoms with Gasteiger partial charge in [-0.1, -0.05) is 23.7 Å². The Morgan fingerprint density at radius 1 is 1.07 bits per heavy atom. The number of aliphatic hydroxyl groups is 1. The van der Waals surface area contributed by atoms with Gasteiger partial charge in [-0.25, -0.2) is 0 Å².